The van der Waals surface area contributed by atoms with Crippen LogP contribution >= 0.6 is 0 Å². The van der Waals surface area contributed by atoms with E-state index in [1.54, 1.807) is 34.7 Å². The van der Waals surface area contributed by atoms with Crippen LogP contribution in [-0.4, -0.2) is 54.3 Å². The van der Waals surface area contributed by atoms with E-state index in [1.807, 2.05) is 114 Å². The molecular formula is C54H50N6O5. The molecule has 11 heteroatoms. The number of ether oxygens (including phenoxy) is 1. The summed E-state index contributed by atoms with van der Waals surface area (Å²) in [5, 5.41) is 20.1. The summed E-state index contributed by atoms with van der Waals surface area (Å²) in [5.74, 6) is 1.05. The van der Waals surface area contributed by atoms with Crippen molar-refractivity contribution in [3.63, 3.8) is 0 Å². The summed E-state index contributed by atoms with van der Waals surface area (Å²) < 4.78 is 9.67. The molecule has 0 aliphatic carbocycles. The lowest BCUT2D eigenvalue weighted by Crippen LogP contribution is -2.43. The highest BCUT2D eigenvalue weighted by Gasteiger charge is 2.33. The van der Waals surface area contributed by atoms with Crippen LogP contribution in [0.2, 0.25) is 0 Å². The van der Waals surface area contributed by atoms with Gasteiger partial charge in [0.2, 0.25) is 5.91 Å². The lowest BCUT2D eigenvalue weighted by atomic mass is 9.89. The van der Waals surface area contributed by atoms with E-state index in [4.69, 9.17) is 4.74 Å². The van der Waals surface area contributed by atoms with E-state index in [0.29, 0.717) is 77.0 Å². The maximum Gasteiger partial charge on any atom is 0.264 e. The van der Waals surface area contributed by atoms with E-state index in [-0.39, 0.29) is 35.9 Å². The molecule has 5 aromatic carbocycles. The number of amides is 3. The normalized spacial score (nSPS) is 14.3. The van der Waals surface area contributed by atoms with E-state index in [9.17, 15) is 15.2 Å². The van der Waals surface area contributed by atoms with Crippen LogP contribution in [-0.2, 0) is 51.2 Å². The van der Waals surface area contributed by atoms with Gasteiger partial charge in [-0.3, -0.25) is 19.3 Å². The van der Waals surface area contributed by atoms with Gasteiger partial charge in [-0.2, -0.15) is 5.26 Å². The number of hydrogen-bond acceptors (Lipinski definition) is 6. The summed E-state index contributed by atoms with van der Waals surface area (Å²) in [6, 6.07) is 41.6. The van der Waals surface area contributed by atoms with Gasteiger partial charge in [-0.1, -0.05) is 54.6 Å². The predicted molar refractivity (Wildman–Crippen MR) is 250 cm³/mol. The van der Waals surface area contributed by atoms with Crippen molar-refractivity contribution in [1.29, 1.82) is 5.26 Å². The van der Waals surface area contributed by atoms with Gasteiger partial charge in [0.15, 0.2) is 0 Å². The number of para-hydroxylation sites is 1. The van der Waals surface area contributed by atoms with Crippen LogP contribution in [0.5, 0.6) is 17.2 Å². The van der Waals surface area contributed by atoms with E-state index in [1.165, 1.54) is 17.7 Å². The van der Waals surface area contributed by atoms with Crippen molar-refractivity contribution in [2.24, 2.45) is 14.1 Å². The lowest BCUT2D eigenvalue weighted by molar-refractivity contribution is -0.131. The molecule has 2 aliphatic rings. The Kier molecular flexibility index (Phi) is 11.4. The Bertz CT molecular complexity index is 3010. The molecule has 7 aromatic rings. The molecule has 2 aromatic heterocycles. The third kappa shape index (κ3) is 8.15. The average Bonchev–Trinajstić information content (AvgIpc) is 3.78. The maximum absolute atomic E-state index is 15.1. The molecule has 326 valence electrons. The van der Waals surface area contributed by atoms with Gasteiger partial charge in [0.05, 0.1) is 17.7 Å². The van der Waals surface area contributed by atoms with Crippen molar-refractivity contribution < 1.29 is 24.2 Å². The number of benzene rings is 5. The number of phenols is 1. The van der Waals surface area contributed by atoms with E-state index in [2.05, 4.69) is 31.2 Å². The molecule has 0 spiro atoms. The van der Waals surface area contributed by atoms with Crippen molar-refractivity contribution in [2.45, 2.75) is 59.2 Å². The number of aromatic hydroxyl groups is 1. The average molecular weight is 863 g/mol. The third-order valence-corrected chi connectivity index (χ3v) is 13.2. The van der Waals surface area contributed by atoms with Crippen molar-refractivity contribution in [3.8, 4) is 34.6 Å². The van der Waals surface area contributed by atoms with Crippen LogP contribution in [0.3, 0.4) is 0 Å². The molecule has 1 N–H and O–H groups in total. The zero-order valence-corrected chi connectivity index (χ0v) is 37.2. The monoisotopic (exact) mass is 862 g/mol. The number of rotatable bonds is 9. The molecule has 1 unspecified atom stereocenters. The molecular weight excluding hydrogens is 813 g/mol. The zero-order valence-electron chi connectivity index (χ0n) is 37.2. The van der Waals surface area contributed by atoms with E-state index < -0.39 is 0 Å². The first kappa shape index (κ1) is 42.5. The van der Waals surface area contributed by atoms with Crippen molar-refractivity contribution in [2.75, 3.05) is 11.4 Å². The van der Waals surface area contributed by atoms with E-state index in [0.717, 1.165) is 40.1 Å². The minimum Gasteiger partial charge on any atom is -0.508 e. The standard InChI is InChI=1S/C54H50N6O5/c1-34-25-38-11-9-10-12-40(38)33-59(34)53(63)49-28-41-32-58(52(62)26-37-15-21-46(22-16-37)65-45-13-7-6-8-14-45)24-23-39(41)27-48(49)51-30-47(35(2)57(51)5)54(64)60(42-17-19-44(61)20-18-42)50-29-43(31-55)56(4)36(50)3/h6-22,27-30,34,61H,23-26,32-33H2,1-5H3. The second kappa shape index (κ2) is 17.4. The molecule has 4 heterocycles. The summed E-state index contributed by atoms with van der Waals surface area (Å²) >= 11 is 0. The first-order valence-corrected chi connectivity index (χ1v) is 21.9. The van der Waals surface area contributed by atoms with Gasteiger partial charge < -0.3 is 28.8 Å². The number of anilines is 2. The van der Waals surface area contributed by atoms with Gasteiger partial charge in [-0.15, -0.1) is 0 Å². The summed E-state index contributed by atoms with van der Waals surface area (Å²) in [5.41, 5.74) is 10.4. The summed E-state index contributed by atoms with van der Waals surface area (Å²) in [6.45, 7) is 7.18. The second-order valence-corrected chi connectivity index (χ2v) is 17.1. The highest BCUT2D eigenvalue weighted by atomic mass is 16.5. The topological polar surface area (TPSA) is 124 Å². The number of carbonyl (C=O) groups excluding carboxylic acids is 3. The summed E-state index contributed by atoms with van der Waals surface area (Å²) in [7, 11) is 3.69. The largest absolute Gasteiger partial charge is 0.508 e. The van der Waals surface area contributed by atoms with Crippen molar-refractivity contribution in [1.82, 2.24) is 18.9 Å². The number of aromatic nitrogens is 2. The molecule has 65 heavy (non-hydrogen) atoms. The quantitative estimate of drug-likeness (QED) is 0.154. The molecule has 0 radical (unpaired) electrons. The smallest absolute Gasteiger partial charge is 0.264 e. The Morgan fingerprint density at radius 2 is 1.45 bits per heavy atom. The Balaban J connectivity index is 1.07. The highest BCUT2D eigenvalue weighted by Crippen LogP contribution is 2.38. The Hall–Kier alpha value is -7.84. The second-order valence-electron chi connectivity index (χ2n) is 17.1. The lowest BCUT2D eigenvalue weighted by Gasteiger charge is -2.36. The minimum absolute atomic E-state index is 0.000491. The van der Waals surface area contributed by atoms with Crippen LogP contribution in [0, 0.1) is 25.2 Å². The molecule has 0 saturated heterocycles. The molecule has 9 rings (SSSR count). The number of phenolic OH excluding ortho intramolecular Hbond substituents is 1. The first-order chi connectivity index (χ1) is 31.4. The molecule has 2 aliphatic heterocycles. The maximum atomic E-state index is 15.1. The number of hydrogen-bond donors (Lipinski definition) is 1. The number of nitrogens with zero attached hydrogens (tertiary/aromatic N) is 6. The third-order valence-electron chi connectivity index (χ3n) is 13.2. The van der Waals surface area contributed by atoms with Gasteiger partial charge in [0.25, 0.3) is 11.8 Å². The van der Waals surface area contributed by atoms with Crippen molar-refractivity contribution in [3.05, 3.63) is 183 Å². The molecule has 1 atom stereocenters. The SMILES string of the molecule is Cc1c(N(C(=O)c2cc(-c3cc4c(cc3C(=O)N3Cc5ccccc5CC3C)CN(C(=O)Cc3ccc(Oc5ccccc5)cc3)CC4)n(C)c2C)c2ccc(O)cc2)cc(C#N)n1C. The van der Waals surface area contributed by atoms with Crippen LogP contribution < -0.4 is 9.64 Å². The zero-order chi connectivity index (χ0) is 45.5. The fourth-order valence-electron chi connectivity index (χ4n) is 9.18. The minimum atomic E-state index is -0.326. The number of nitriles is 1. The predicted octanol–water partition coefficient (Wildman–Crippen LogP) is 9.71. The Labute approximate surface area is 379 Å². The van der Waals surface area contributed by atoms with E-state index >= 15 is 9.59 Å². The highest BCUT2D eigenvalue weighted by molar-refractivity contribution is 6.13. The Morgan fingerprint density at radius 1 is 0.754 bits per heavy atom. The molecule has 11 nitrogen and oxygen atoms in total. The number of fused-ring (bicyclic) bond motifs is 2. The fourth-order valence-corrected chi connectivity index (χ4v) is 9.18. The van der Waals surface area contributed by atoms with Crippen LogP contribution in [0.1, 0.15) is 72.5 Å². The van der Waals surface area contributed by atoms with Crippen LogP contribution in [0.15, 0.2) is 127 Å². The molecule has 0 saturated carbocycles. The number of carbonyl (C=O) groups is 3. The van der Waals surface area contributed by atoms with Gasteiger partial charge >= 0.3 is 0 Å². The molecule has 3 amide bonds. The van der Waals surface area contributed by atoms with Gasteiger partial charge in [-0.05, 0) is 134 Å². The van der Waals surface area contributed by atoms with Crippen molar-refractivity contribution >= 4 is 29.1 Å². The Morgan fingerprint density at radius 3 is 2.15 bits per heavy atom. The van der Waals surface area contributed by atoms with Gasteiger partial charge in [-0.25, -0.2) is 0 Å². The van der Waals surface area contributed by atoms with Crippen LogP contribution in [0.25, 0.3) is 11.3 Å². The van der Waals surface area contributed by atoms with Crippen LogP contribution in [0.4, 0.5) is 11.4 Å². The molecule has 0 bridgehead atoms. The fraction of sp³-hybridized carbons (Fsp3) is 0.222. The first-order valence-electron chi connectivity index (χ1n) is 21.9. The summed E-state index contributed by atoms with van der Waals surface area (Å²) in [4.78, 5) is 49.5. The molecule has 0 fully saturated rings. The van der Waals surface area contributed by atoms with Gasteiger partial charge in [0, 0.05) is 73.7 Å². The summed E-state index contributed by atoms with van der Waals surface area (Å²) in [6.07, 6.45) is 1.56. The van der Waals surface area contributed by atoms with Gasteiger partial charge in [0.1, 0.15) is 29.0 Å².